The van der Waals surface area contributed by atoms with E-state index in [0.29, 0.717) is 0 Å². The Bertz CT molecular complexity index is 781. The molecule has 2 aromatic carbocycles. The summed E-state index contributed by atoms with van der Waals surface area (Å²) in [5.74, 6) is 1.98. The van der Waals surface area contributed by atoms with Crippen LogP contribution in [0.3, 0.4) is 0 Å². The topological polar surface area (TPSA) is 18.5 Å². The third kappa shape index (κ3) is 6.34. The van der Waals surface area contributed by atoms with E-state index in [1.807, 2.05) is 0 Å². The second-order valence-corrected chi connectivity index (χ2v) is 22.4. The van der Waals surface area contributed by atoms with Crippen molar-refractivity contribution in [1.29, 1.82) is 0 Å². The van der Waals surface area contributed by atoms with Crippen molar-refractivity contribution in [3.63, 3.8) is 0 Å². The fourth-order valence-corrected chi connectivity index (χ4v) is 6.56. The summed E-state index contributed by atoms with van der Waals surface area (Å²) in [5.41, 5.74) is 0. The van der Waals surface area contributed by atoms with Gasteiger partial charge in [-0.15, -0.1) is 0 Å². The normalized spacial score (nSPS) is 13.3. The summed E-state index contributed by atoms with van der Waals surface area (Å²) in [6.07, 6.45) is 0. The summed E-state index contributed by atoms with van der Waals surface area (Å²) in [6.45, 7) is 22.8. The molecule has 0 N–H and O–H groups in total. The monoisotopic (exact) mass is 478 g/mol. The second kappa shape index (κ2) is 9.35. The average Bonchev–Trinajstić information content (AvgIpc) is 2.59. The molecule has 0 aliphatic rings. The lowest BCUT2D eigenvalue weighted by Gasteiger charge is -2.37. The molecule has 2 aromatic rings. The highest BCUT2D eigenvalue weighted by atomic mass is 33.1. The van der Waals surface area contributed by atoms with E-state index < -0.39 is 16.6 Å². The van der Waals surface area contributed by atoms with Gasteiger partial charge in [0.15, 0.2) is 0 Å². The van der Waals surface area contributed by atoms with Crippen LogP contribution < -0.4 is 8.85 Å². The van der Waals surface area contributed by atoms with Crippen LogP contribution in [-0.4, -0.2) is 16.6 Å². The van der Waals surface area contributed by atoms with Crippen LogP contribution in [0.4, 0.5) is 0 Å². The molecule has 0 amide bonds. The van der Waals surface area contributed by atoms with Crippen molar-refractivity contribution in [2.24, 2.45) is 0 Å². The lowest BCUT2D eigenvalue weighted by Crippen LogP contribution is -2.44. The van der Waals surface area contributed by atoms with E-state index in [1.54, 1.807) is 21.6 Å². The van der Waals surface area contributed by atoms with E-state index in [1.165, 1.54) is 0 Å². The second-order valence-electron chi connectivity index (χ2n) is 10.8. The Labute approximate surface area is 194 Å². The molecule has 0 unspecified atom stereocenters. The van der Waals surface area contributed by atoms with Crippen LogP contribution in [0.25, 0.3) is 0 Å². The summed E-state index contributed by atoms with van der Waals surface area (Å²) < 4.78 is 13.2. The van der Waals surface area contributed by atoms with Gasteiger partial charge < -0.3 is 8.85 Å². The molecule has 30 heavy (non-hydrogen) atoms. The van der Waals surface area contributed by atoms with E-state index in [9.17, 15) is 0 Å². The van der Waals surface area contributed by atoms with Gasteiger partial charge in [-0.05, 0) is 82.1 Å². The van der Waals surface area contributed by atoms with Gasteiger partial charge in [-0.3, -0.25) is 0 Å². The van der Waals surface area contributed by atoms with Gasteiger partial charge in [0.1, 0.15) is 11.5 Å². The average molecular weight is 479 g/mol. The van der Waals surface area contributed by atoms with Gasteiger partial charge in [0.2, 0.25) is 0 Å². The first-order valence-electron chi connectivity index (χ1n) is 10.5. The standard InChI is InChI=1S/C24H38O2S2Si2/c1-23(2,3)29(7,8)25-19-15-11-13-17-21(19)27-28-22-18-14-12-16-20(22)26-30(9,10)24(4,5)6/h11-18H,1-10H3. The third-order valence-corrected chi connectivity index (χ3v) is 17.4. The highest BCUT2D eigenvalue weighted by Gasteiger charge is 2.40. The largest absolute Gasteiger partial charge is 0.543 e. The third-order valence-electron chi connectivity index (χ3n) is 6.26. The van der Waals surface area contributed by atoms with Gasteiger partial charge in [0, 0.05) is 0 Å². The molecule has 0 heterocycles. The van der Waals surface area contributed by atoms with Crippen molar-refractivity contribution >= 4 is 38.2 Å². The molecule has 0 saturated carbocycles. The van der Waals surface area contributed by atoms with Gasteiger partial charge in [-0.25, -0.2) is 0 Å². The number of rotatable bonds is 7. The first-order chi connectivity index (χ1) is 13.6. The summed E-state index contributed by atoms with van der Waals surface area (Å²) in [5, 5.41) is 0.336. The van der Waals surface area contributed by atoms with E-state index in [4.69, 9.17) is 8.85 Å². The molecule has 0 atom stereocenters. The smallest absolute Gasteiger partial charge is 0.250 e. The van der Waals surface area contributed by atoms with Crippen molar-refractivity contribution in [1.82, 2.24) is 0 Å². The molecule has 0 bridgehead atoms. The molecule has 0 saturated heterocycles. The molecule has 0 aliphatic heterocycles. The van der Waals surface area contributed by atoms with E-state index >= 15 is 0 Å². The Morgan fingerprint density at radius 1 is 0.567 bits per heavy atom. The first kappa shape index (κ1) is 25.4. The Kier molecular flexibility index (Phi) is 7.93. The molecule has 2 nitrogen and oxygen atoms in total. The van der Waals surface area contributed by atoms with Crippen molar-refractivity contribution in [3.8, 4) is 11.5 Å². The Morgan fingerprint density at radius 3 is 1.17 bits per heavy atom. The van der Waals surface area contributed by atoms with Crippen LogP contribution in [0.1, 0.15) is 41.5 Å². The number of hydrogen-bond donors (Lipinski definition) is 0. The molecule has 0 aromatic heterocycles. The molecule has 0 fully saturated rings. The van der Waals surface area contributed by atoms with Crippen LogP contribution in [0.15, 0.2) is 58.3 Å². The van der Waals surface area contributed by atoms with Gasteiger partial charge in [-0.1, -0.05) is 65.8 Å². The van der Waals surface area contributed by atoms with Crippen LogP contribution in [0.5, 0.6) is 11.5 Å². The predicted octanol–water partition coefficient (Wildman–Crippen LogP) is 9.25. The van der Waals surface area contributed by atoms with Crippen LogP contribution >= 0.6 is 21.6 Å². The Morgan fingerprint density at radius 2 is 0.867 bits per heavy atom. The van der Waals surface area contributed by atoms with Crippen molar-refractivity contribution in [2.45, 2.75) is 87.6 Å². The zero-order valence-corrected chi connectivity index (χ0v) is 23.9. The number of para-hydroxylation sites is 2. The predicted molar refractivity (Wildman–Crippen MR) is 140 cm³/mol. The van der Waals surface area contributed by atoms with Gasteiger partial charge in [-0.2, -0.15) is 0 Å². The number of hydrogen-bond acceptors (Lipinski definition) is 4. The molecule has 166 valence electrons. The molecule has 0 aliphatic carbocycles. The van der Waals surface area contributed by atoms with E-state index in [-0.39, 0.29) is 10.1 Å². The minimum atomic E-state index is -1.89. The summed E-state index contributed by atoms with van der Waals surface area (Å²) in [7, 11) is -0.285. The molecular weight excluding hydrogens is 441 g/mol. The minimum Gasteiger partial charge on any atom is -0.543 e. The first-order valence-corrected chi connectivity index (χ1v) is 18.5. The fourth-order valence-electron chi connectivity index (χ4n) is 2.15. The molecule has 0 spiro atoms. The van der Waals surface area contributed by atoms with Crippen molar-refractivity contribution < 1.29 is 8.85 Å². The maximum Gasteiger partial charge on any atom is 0.250 e. The highest BCUT2D eigenvalue weighted by Crippen LogP contribution is 2.48. The maximum atomic E-state index is 6.62. The van der Waals surface area contributed by atoms with Gasteiger partial charge in [0.05, 0.1) is 9.79 Å². The number of benzene rings is 2. The summed E-state index contributed by atoms with van der Waals surface area (Å²) in [6, 6.07) is 16.8. The molecule has 2 rings (SSSR count). The zero-order valence-electron chi connectivity index (χ0n) is 20.3. The van der Waals surface area contributed by atoms with Gasteiger partial charge in [0.25, 0.3) is 16.6 Å². The van der Waals surface area contributed by atoms with Crippen molar-refractivity contribution in [2.75, 3.05) is 0 Å². The fraction of sp³-hybridized carbons (Fsp3) is 0.500. The maximum absolute atomic E-state index is 6.62. The van der Waals surface area contributed by atoms with Gasteiger partial charge >= 0.3 is 0 Å². The summed E-state index contributed by atoms with van der Waals surface area (Å²) >= 11 is 0. The highest BCUT2D eigenvalue weighted by molar-refractivity contribution is 8.76. The lowest BCUT2D eigenvalue weighted by atomic mass is 10.2. The van der Waals surface area contributed by atoms with Crippen LogP contribution in [0.2, 0.25) is 36.3 Å². The van der Waals surface area contributed by atoms with E-state index in [2.05, 4.69) is 116 Å². The molecule has 0 radical (unpaired) electrons. The molecular formula is C24H38O2S2Si2. The van der Waals surface area contributed by atoms with Crippen molar-refractivity contribution in [3.05, 3.63) is 48.5 Å². The van der Waals surface area contributed by atoms with E-state index in [0.717, 1.165) is 21.3 Å². The van der Waals surface area contributed by atoms with Crippen LogP contribution in [0, 0.1) is 0 Å². The quantitative estimate of drug-likeness (QED) is 0.291. The van der Waals surface area contributed by atoms with Crippen LogP contribution in [-0.2, 0) is 0 Å². The lowest BCUT2D eigenvalue weighted by molar-refractivity contribution is 0.483. The summed E-state index contributed by atoms with van der Waals surface area (Å²) in [4.78, 5) is 2.32. The Hall–Kier alpha value is -0.826. The molecule has 6 heteroatoms. The Balaban J connectivity index is 2.22. The SMILES string of the molecule is CC(C)(C)[Si](C)(C)Oc1ccccc1SSc1ccccc1O[Si](C)(C)C(C)(C)C. The minimum absolute atomic E-state index is 0.168. The zero-order chi connectivity index (χ0) is 22.8.